The first-order valence-electron chi connectivity index (χ1n) is 4.64. The molecule has 3 N–H and O–H groups in total. The van der Waals surface area contributed by atoms with E-state index in [2.05, 4.69) is 10.5 Å². The minimum absolute atomic E-state index is 0.533. The van der Waals surface area contributed by atoms with Crippen LogP contribution < -0.4 is 15.9 Å². The van der Waals surface area contributed by atoms with Crippen LogP contribution in [-0.2, 0) is 0 Å². The number of hydrogen-bond donors (Lipinski definition) is 2. The second-order valence-electron chi connectivity index (χ2n) is 2.85. The molecule has 0 aliphatic rings. The molecule has 0 radical (unpaired) electrons. The molecule has 1 aromatic rings. The minimum Gasteiger partial charge on any atom is -0.493 e. The lowest BCUT2D eigenvalue weighted by atomic mass is 10.2. The molecule has 16 heavy (non-hydrogen) atoms. The van der Waals surface area contributed by atoms with Gasteiger partial charge < -0.3 is 10.5 Å². The molecule has 0 aliphatic carbocycles. The van der Waals surface area contributed by atoms with Crippen LogP contribution in [0, 0.1) is 0 Å². The molecule has 0 saturated heterocycles. The van der Waals surface area contributed by atoms with Gasteiger partial charge in [0.2, 0.25) is 0 Å². The van der Waals surface area contributed by atoms with Crippen molar-refractivity contribution >= 4 is 23.8 Å². The Hall–Kier alpha value is -1.75. The van der Waals surface area contributed by atoms with Crippen LogP contribution in [0.3, 0.4) is 0 Å². The van der Waals surface area contributed by atoms with Crippen LogP contribution in [0.4, 0.5) is 4.79 Å². The van der Waals surface area contributed by atoms with Crippen molar-refractivity contribution in [3.05, 3.63) is 28.8 Å². The van der Waals surface area contributed by atoms with E-state index in [4.69, 9.17) is 22.1 Å². The summed E-state index contributed by atoms with van der Waals surface area (Å²) >= 11 is 5.83. The number of hydrazone groups is 1. The summed E-state index contributed by atoms with van der Waals surface area (Å²) < 4.78 is 5.36. The van der Waals surface area contributed by atoms with Gasteiger partial charge in [0, 0.05) is 10.6 Å². The van der Waals surface area contributed by atoms with Crippen LogP contribution in [0.2, 0.25) is 5.02 Å². The Morgan fingerprint density at radius 3 is 3.06 bits per heavy atom. The Kier molecular flexibility index (Phi) is 4.60. The molecule has 6 heteroatoms. The number of primary amides is 1. The van der Waals surface area contributed by atoms with E-state index in [1.807, 2.05) is 6.92 Å². The van der Waals surface area contributed by atoms with Gasteiger partial charge in [-0.15, -0.1) is 0 Å². The van der Waals surface area contributed by atoms with Crippen LogP contribution in [0.1, 0.15) is 12.5 Å². The summed E-state index contributed by atoms with van der Waals surface area (Å²) in [5, 5.41) is 4.20. The first-order valence-corrected chi connectivity index (χ1v) is 5.02. The minimum atomic E-state index is -0.726. The van der Waals surface area contributed by atoms with Crippen molar-refractivity contribution in [1.82, 2.24) is 5.43 Å². The molecule has 2 amide bonds. The molecule has 0 spiro atoms. The van der Waals surface area contributed by atoms with Gasteiger partial charge in [0.1, 0.15) is 5.75 Å². The molecule has 1 rings (SSSR count). The predicted octanol–water partition coefficient (Wildman–Crippen LogP) is 1.74. The van der Waals surface area contributed by atoms with Gasteiger partial charge in [-0.25, -0.2) is 10.2 Å². The van der Waals surface area contributed by atoms with E-state index in [0.29, 0.717) is 22.9 Å². The summed E-state index contributed by atoms with van der Waals surface area (Å²) in [4.78, 5) is 10.4. The lowest BCUT2D eigenvalue weighted by Crippen LogP contribution is -2.24. The highest BCUT2D eigenvalue weighted by Gasteiger charge is 2.01. The van der Waals surface area contributed by atoms with Crippen molar-refractivity contribution in [3.63, 3.8) is 0 Å². The molecule has 86 valence electrons. The first kappa shape index (κ1) is 12.3. The van der Waals surface area contributed by atoms with Crippen molar-refractivity contribution in [2.45, 2.75) is 6.92 Å². The number of carbonyl (C=O) groups excluding carboxylic acids is 1. The van der Waals surface area contributed by atoms with Gasteiger partial charge in [0.05, 0.1) is 12.8 Å². The SMILES string of the molecule is CCOc1ccc(Cl)cc1/C=N/NC(N)=O. The molecule has 0 aliphatic heterocycles. The average molecular weight is 242 g/mol. The summed E-state index contributed by atoms with van der Waals surface area (Å²) in [5.74, 6) is 0.641. The molecule has 0 unspecified atom stereocenters. The fraction of sp³-hybridized carbons (Fsp3) is 0.200. The average Bonchev–Trinajstić information content (AvgIpc) is 2.21. The zero-order chi connectivity index (χ0) is 12.0. The van der Waals surface area contributed by atoms with Crippen LogP contribution in [0.5, 0.6) is 5.75 Å². The van der Waals surface area contributed by atoms with Crippen LogP contribution in [0.25, 0.3) is 0 Å². The maximum atomic E-state index is 10.4. The zero-order valence-electron chi connectivity index (χ0n) is 8.74. The highest BCUT2D eigenvalue weighted by Crippen LogP contribution is 2.21. The molecule has 0 atom stereocenters. The number of rotatable bonds is 4. The van der Waals surface area contributed by atoms with Crippen LogP contribution in [0.15, 0.2) is 23.3 Å². The van der Waals surface area contributed by atoms with E-state index in [1.165, 1.54) is 6.21 Å². The Morgan fingerprint density at radius 2 is 2.44 bits per heavy atom. The maximum Gasteiger partial charge on any atom is 0.332 e. The normalized spacial score (nSPS) is 10.4. The smallest absolute Gasteiger partial charge is 0.332 e. The number of carbonyl (C=O) groups is 1. The summed E-state index contributed by atoms with van der Waals surface area (Å²) in [6.45, 7) is 2.41. The monoisotopic (exact) mass is 241 g/mol. The lowest BCUT2D eigenvalue weighted by Gasteiger charge is -2.06. The van der Waals surface area contributed by atoms with E-state index >= 15 is 0 Å². The van der Waals surface area contributed by atoms with Gasteiger partial charge in [-0.05, 0) is 25.1 Å². The number of urea groups is 1. The zero-order valence-corrected chi connectivity index (χ0v) is 9.49. The van der Waals surface area contributed by atoms with E-state index < -0.39 is 6.03 Å². The summed E-state index contributed by atoms with van der Waals surface area (Å²) in [6.07, 6.45) is 1.42. The standard InChI is InChI=1S/C10H12ClN3O2/c1-2-16-9-4-3-8(11)5-7(9)6-13-14-10(12)15/h3-6H,2H2,1H3,(H3,12,14,15)/b13-6+. The second-order valence-corrected chi connectivity index (χ2v) is 3.29. The topological polar surface area (TPSA) is 76.7 Å². The third kappa shape index (κ3) is 3.78. The molecule has 5 nitrogen and oxygen atoms in total. The molecule has 0 bridgehead atoms. The highest BCUT2D eigenvalue weighted by molar-refractivity contribution is 6.30. The molecular formula is C10H12ClN3O2. The number of halogens is 1. The van der Waals surface area contributed by atoms with Crippen molar-refractivity contribution in [1.29, 1.82) is 0 Å². The Morgan fingerprint density at radius 1 is 1.69 bits per heavy atom. The quantitative estimate of drug-likeness (QED) is 0.622. The fourth-order valence-electron chi connectivity index (χ4n) is 1.07. The number of nitrogens with two attached hydrogens (primary N) is 1. The van der Waals surface area contributed by atoms with Crippen molar-refractivity contribution < 1.29 is 9.53 Å². The third-order valence-electron chi connectivity index (χ3n) is 1.65. The van der Waals surface area contributed by atoms with E-state index in [0.717, 1.165) is 0 Å². The van der Waals surface area contributed by atoms with Crippen LogP contribution >= 0.6 is 11.6 Å². The van der Waals surface area contributed by atoms with E-state index in [1.54, 1.807) is 18.2 Å². The highest BCUT2D eigenvalue weighted by atomic mass is 35.5. The van der Waals surface area contributed by atoms with Crippen molar-refractivity contribution in [2.24, 2.45) is 10.8 Å². The second kappa shape index (κ2) is 5.97. The number of amides is 2. The number of nitrogens with one attached hydrogen (secondary N) is 1. The van der Waals surface area contributed by atoms with Crippen molar-refractivity contribution in [3.8, 4) is 5.75 Å². The number of nitrogens with zero attached hydrogens (tertiary/aromatic N) is 1. The number of benzene rings is 1. The lowest BCUT2D eigenvalue weighted by molar-refractivity contribution is 0.249. The van der Waals surface area contributed by atoms with Gasteiger partial charge in [-0.3, -0.25) is 0 Å². The van der Waals surface area contributed by atoms with Crippen molar-refractivity contribution in [2.75, 3.05) is 6.61 Å². The van der Waals surface area contributed by atoms with Gasteiger partial charge in [-0.1, -0.05) is 11.6 Å². The first-order chi connectivity index (χ1) is 7.63. The maximum absolute atomic E-state index is 10.4. The van der Waals surface area contributed by atoms with Gasteiger partial charge in [0.15, 0.2) is 0 Å². The number of hydrogen-bond acceptors (Lipinski definition) is 3. The summed E-state index contributed by atoms with van der Waals surface area (Å²) in [7, 11) is 0. The third-order valence-corrected chi connectivity index (χ3v) is 1.89. The predicted molar refractivity (Wildman–Crippen MR) is 62.9 cm³/mol. The molecule has 1 aromatic carbocycles. The Labute approximate surface area is 98.2 Å². The molecule has 0 aromatic heterocycles. The summed E-state index contributed by atoms with van der Waals surface area (Å²) in [5.41, 5.74) is 7.62. The largest absolute Gasteiger partial charge is 0.493 e. The van der Waals surface area contributed by atoms with E-state index in [-0.39, 0.29) is 0 Å². The molecule has 0 heterocycles. The molecular weight excluding hydrogens is 230 g/mol. The van der Waals surface area contributed by atoms with E-state index in [9.17, 15) is 4.79 Å². The fourth-order valence-corrected chi connectivity index (χ4v) is 1.25. The van der Waals surface area contributed by atoms with Gasteiger partial charge in [0.25, 0.3) is 0 Å². The van der Waals surface area contributed by atoms with Gasteiger partial charge >= 0.3 is 6.03 Å². The van der Waals surface area contributed by atoms with Gasteiger partial charge in [-0.2, -0.15) is 5.10 Å². The van der Waals surface area contributed by atoms with Crippen LogP contribution in [-0.4, -0.2) is 18.9 Å². The Bertz CT molecular complexity index is 407. The summed E-state index contributed by atoms with van der Waals surface area (Å²) in [6, 6.07) is 4.40. The molecule has 0 fully saturated rings. The number of ether oxygens (including phenoxy) is 1. The Balaban J connectivity index is 2.86. The molecule has 0 saturated carbocycles.